The van der Waals surface area contributed by atoms with E-state index in [1.54, 1.807) is 13.8 Å². The average molecular weight is 222 g/mol. The molecule has 0 aliphatic rings. The molecule has 0 radical (unpaired) electrons. The van der Waals surface area contributed by atoms with Gasteiger partial charge in [0.15, 0.2) is 5.78 Å². The topological polar surface area (TPSA) is 43.4 Å². The monoisotopic (exact) mass is 222 g/mol. The van der Waals surface area contributed by atoms with E-state index in [4.69, 9.17) is 0 Å². The molecule has 0 fully saturated rings. The first kappa shape index (κ1) is 14.4. The molecular weight excluding hydrogens is 204 g/mol. The van der Waals surface area contributed by atoms with Crippen molar-refractivity contribution in [1.82, 2.24) is 0 Å². The van der Waals surface area contributed by atoms with E-state index in [1.807, 2.05) is 31.2 Å². The van der Waals surface area contributed by atoms with Crippen LogP contribution in [0.15, 0.2) is 24.3 Å². The van der Waals surface area contributed by atoms with Crippen LogP contribution in [-0.4, -0.2) is 18.9 Å². The lowest BCUT2D eigenvalue weighted by Gasteiger charge is -1.94. The second kappa shape index (κ2) is 7.63. The molecule has 3 heteroatoms. The molecule has 0 spiro atoms. The van der Waals surface area contributed by atoms with Crippen LogP contribution in [0.3, 0.4) is 0 Å². The number of hydrogen-bond donors (Lipinski definition) is 0. The van der Waals surface area contributed by atoms with Gasteiger partial charge in [-0.2, -0.15) is 0 Å². The van der Waals surface area contributed by atoms with E-state index in [9.17, 15) is 9.59 Å². The summed E-state index contributed by atoms with van der Waals surface area (Å²) >= 11 is 0. The Balaban J connectivity index is 0.000000325. The van der Waals surface area contributed by atoms with Crippen LogP contribution in [0.4, 0.5) is 0 Å². The maximum Gasteiger partial charge on any atom is 0.305 e. The number of benzene rings is 1. The van der Waals surface area contributed by atoms with E-state index in [0.29, 0.717) is 6.42 Å². The van der Waals surface area contributed by atoms with Crippen LogP contribution in [0.1, 0.15) is 36.2 Å². The number of ether oxygens (including phenoxy) is 1. The van der Waals surface area contributed by atoms with E-state index in [-0.39, 0.29) is 11.8 Å². The highest BCUT2D eigenvalue weighted by Gasteiger charge is 1.95. The second-order valence-corrected chi connectivity index (χ2v) is 3.36. The average Bonchev–Trinajstić information content (AvgIpc) is 2.28. The SMILES string of the molecule is CC(=O)c1cccc(C)c1.CCC(=O)OC. The highest BCUT2D eigenvalue weighted by atomic mass is 16.5. The van der Waals surface area contributed by atoms with E-state index in [1.165, 1.54) is 7.11 Å². The third-order valence-electron chi connectivity index (χ3n) is 1.94. The van der Waals surface area contributed by atoms with E-state index >= 15 is 0 Å². The van der Waals surface area contributed by atoms with Gasteiger partial charge >= 0.3 is 5.97 Å². The zero-order chi connectivity index (χ0) is 12.6. The lowest BCUT2D eigenvalue weighted by Crippen LogP contribution is -1.94. The Hall–Kier alpha value is -1.64. The molecule has 0 heterocycles. The summed E-state index contributed by atoms with van der Waals surface area (Å²) in [6.45, 7) is 5.31. The second-order valence-electron chi connectivity index (χ2n) is 3.36. The maximum atomic E-state index is 10.8. The molecule has 1 rings (SSSR count). The summed E-state index contributed by atoms with van der Waals surface area (Å²) in [6, 6.07) is 7.59. The molecular formula is C13H18O3. The Labute approximate surface area is 96.4 Å². The number of aryl methyl sites for hydroxylation is 1. The number of esters is 1. The fourth-order valence-electron chi connectivity index (χ4n) is 1.01. The Bertz CT molecular complexity index is 350. The highest BCUT2D eigenvalue weighted by Crippen LogP contribution is 2.03. The quantitative estimate of drug-likeness (QED) is 0.571. The summed E-state index contributed by atoms with van der Waals surface area (Å²) in [7, 11) is 1.38. The van der Waals surface area contributed by atoms with Gasteiger partial charge in [-0.1, -0.05) is 30.7 Å². The molecule has 0 aliphatic carbocycles. The molecule has 0 amide bonds. The van der Waals surface area contributed by atoms with Gasteiger partial charge in [0.25, 0.3) is 0 Å². The number of Topliss-reactive ketones (excluding diaryl/α,β-unsaturated/α-hetero) is 1. The summed E-state index contributed by atoms with van der Waals surface area (Å²) in [5.41, 5.74) is 1.92. The largest absolute Gasteiger partial charge is 0.469 e. The first-order valence-electron chi connectivity index (χ1n) is 5.15. The van der Waals surface area contributed by atoms with E-state index in [0.717, 1.165) is 11.1 Å². The van der Waals surface area contributed by atoms with Gasteiger partial charge in [-0.3, -0.25) is 9.59 Å². The number of hydrogen-bond acceptors (Lipinski definition) is 3. The zero-order valence-electron chi connectivity index (χ0n) is 10.2. The molecule has 1 aromatic carbocycles. The van der Waals surface area contributed by atoms with Crippen molar-refractivity contribution >= 4 is 11.8 Å². The summed E-state index contributed by atoms with van der Waals surface area (Å²) < 4.78 is 4.26. The van der Waals surface area contributed by atoms with Gasteiger partial charge in [0.05, 0.1) is 7.11 Å². The predicted octanol–water partition coefficient (Wildman–Crippen LogP) is 2.77. The third kappa shape index (κ3) is 5.96. The van der Waals surface area contributed by atoms with Crippen LogP contribution in [0.25, 0.3) is 0 Å². The van der Waals surface area contributed by atoms with Crippen LogP contribution in [0.5, 0.6) is 0 Å². The minimum Gasteiger partial charge on any atom is -0.469 e. The lowest BCUT2D eigenvalue weighted by atomic mass is 10.1. The van der Waals surface area contributed by atoms with Crippen molar-refractivity contribution in [1.29, 1.82) is 0 Å². The molecule has 0 bridgehead atoms. The molecule has 0 aromatic heterocycles. The smallest absolute Gasteiger partial charge is 0.305 e. The molecule has 3 nitrogen and oxygen atoms in total. The van der Waals surface area contributed by atoms with Crippen molar-refractivity contribution in [3.8, 4) is 0 Å². The fraction of sp³-hybridized carbons (Fsp3) is 0.385. The Morgan fingerprint density at radius 3 is 2.19 bits per heavy atom. The molecule has 0 saturated carbocycles. The maximum absolute atomic E-state index is 10.8. The minimum atomic E-state index is -0.157. The summed E-state index contributed by atoms with van der Waals surface area (Å²) in [6.07, 6.45) is 0.469. The van der Waals surface area contributed by atoms with Crippen molar-refractivity contribution in [2.45, 2.75) is 27.2 Å². The lowest BCUT2D eigenvalue weighted by molar-refractivity contribution is -0.140. The van der Waals surface area contributed by atoms with Crippen molar-refractivity contribution < 1.29 is 14.3 Å². The molecule has 0 saturated heterocycles. The zero-order valence-corrected chi connectivity index (χ0v) is 10.2. The van der Waals surface area contributed by atoms with Crippen molar-refractivity contribution in [2.75, 3.05) is 7.11 Å². The van der Waals surface area contributed by atoms with Crippen LogP contribution >= 0.6 is 0 Å². The van der Waals surface area contributed by atoms with Crippen LogP contribution in [0, 0.1) is 6.92 Å². The van der Waals surface area contributed by atoms with Crippen LogP contribution in [0.2, 0.25) is 0 Å². The molecule has 16 heavy (non-hydrogen) atoms. The van der Waals surface area contributed by atoms with E-state index in [2.05, 4.69) is 4.74 Å². The summed E-state index contributed by atoms with van der Waals surface area (Å²) in [5, 5.41) is 0. The van der Waals surface area contributed by atoms with Gasteiger partial charge in [0.2, 0.25) is 0 Å². The normalized spacial score (nSPS) is 8.75. The summed E-state index contributed by atoms with van der Waals surface area (Å²) in [5.74, 6) is -0.0290. The first-order chi connectivity index (χ1) is 7.51. The van der Waals surface area contributed by atoms with Gasteiger partial charge < -0.3 is 4.74 Å². The number of carbonyl (C=O) groups is 2. The van der Waals surface area contributed by atoms with Crippen LogP contribution < -0.4 is 0 Å². The number of rotatable bonds is 2. The van der Waals surface area contributed by atoms with Gasteiger partial charge in [-0.25, -0.2) is 0 Å². The first-order valence-corrected chi connectivity index (χ1v) is 5.15. The Morgan fingerprint density at radius 2 is 1.94 bits per heavy atom. The van der Waals surface area contributed by atoms with Gasteiger partial charge in [-0.15, -0.1) is 0 Å². The van der Waals surface area contributed by atoms with Crippen LogP contribution in [-0.2, 0) is 9.53 Å². The van der Waals surface area contributed by atoms with Gasteiger partial charge in [0.1, 0.15) is 0 Å². The third-order valence-corrected chi connectivity index (χ3v) is 1.94. The Morgan fingerprint density at radius 1 is 1.31 bits per heavy atom. The summed E-state index contributed by atoms with van der Waals surface area (Å²) in [4.78, 5) is 20.8. The Kier molecular flexibility index (Phi) is 6.84. The standard InChI is InChI=1S/C9H10O.C4H8O2/c1-7-4-3-5-9(6-7)8(2)10;1-3-4(5)6-2/h3-6H,1-2H3;3H2,1-2H3. The minimum absolute atomic E-state index is 0.128. The van der Waals surface area contributed by atoms with Crippen molar-refractivity contribution in [2.24, 2.45) is 0 Å². The highest BCUT2D eigenvalue weighted by molar-refractivity contribution is 5.94. The molecule has 0 aliphatic heterocycles. The van der Waals surface area contributed by atoms with Gasteiger partial charge in [-0.05, 0) is 19.9 Å². The van der Waals surface area contributed by atoms with E-state index < -0.39 is 0 Å². The molecule has 88 valence electrons. The molecule has 0 unspecified atom stereocenters. The van der Waals surface area contributed by atoms with Crippen molar-refractivity contribution in [3.63, 3.8) is 0 Å². The fourth-order valence-corrected chi connectivity index (χ4v) is 1.01. The number of ketones is 1. The molecule has 0 N–H and O–H groups in total. The molecule has 0 atom stereocenters. The van der Waals surface area contributed by atoms with Crippen molar-refractivity contribution in [3.05, 3.63) is 35.4 Å². The molecule has 1 aromatic rings. The predicted molar refractivity (Wildman–Crippen MR) is 63.5 cm³/mol. The van der Waals surface area contributed by atoms with Gasteiger partial charge in [0, 0.05) is 12.0 Å². The number of methoxy groups -OCH3 is 1. The number of carbonyl (C=O) groups excluding carboxylic acids is 2.